The number of benzene rings is 1. The van der Waals surface area contributed by atoms with Crippen molar-refractivity contribution in [1.82, 2.24) is 4.90 Å². The van der Waals surface area contributed by atoms with E-state index in [9.17, 15) is 0 Å². The van der Waals surface area contributed by atoms with Crippen molar-refractivity contribution < 1.29 is 0 Å². The summed E-state index contributed by atoms with van der Waals surface area (Å²) in [5.74, 6) is 0.115. The third-order valence-corrected chi connectivity index (χ3v) is 5.30. The van der Waals surface area contributed by atoms with Crippen molar-refractivity contribution in [2.24, 2.45) is 5.73 Å². The fourth-order valence-corrected chi connectivity index (χ4v) is 3.93. The molecule has 0 aliphatic carbocycles. The van der Waals surface area contributed by atoms with Crippen molar-refractivity contribution in [1.29, 1.82) is 5.41 Å². The van der Waals surface area contributed by atoms with Crippen LogP contribution in [0.3, 0.4) is 0 Å². The van der Waals surface area contributed by atoms with E-state index in [4.69, 9.17) is 22.7 Å². The second kappa shape index (κ2) is 6.17. The van der Waals surface area contributed by atoms with Gasteiger partial charge in [-0.2, -0.15) is 10.9 Å². The predicted molar refractivity (Wildman–Crippen MR) is 84.8 cm³/mol. The second-order valence-electron chi connectivity index (χ2n) is 4.30. The molecular weight excluding hydrogens is 278 g/mol. The SMILES string of the molecule is CCN(Cc1ccc([SH]2C=CC(Cl)=C2)cc1)C(=N)N. The van der Waals surface area contributed by atoms with Gasteiger partial charge in [-0.05, 0) is 46.4 Å². The van der Waals surface area contributed by atoms with Crippen molar-refractivity contribution in [3.8, 4) is 0 Å². The zero-order valence-electron chi connectivity index (χ0n) is 10.8. The van der Waals surface area contributed by atoms with Crippen LogP contribution in [0.5, 0.6) is 0 Å². The van der Waals surface area contributed by atoms with Crippen LogP contribution >= 0.6 is 22.5 Å². The largest absolute Gasteiger partial charge is 0.370 e. The molecule has 0 saturated carbocycles. The Hall–Kier alpha value is -1.39. The Kier molecular flexibility index (Phi) is 4.56. The monoisotopic (exact) mass is 295 g/mol. The molecule has 3 N–H and O–H groups in total. The van der Waals surface area contributed by atoms with E-state index in [2.05, 4.69) is 35.1 Å². The number of rotatable bonds is 4. The molecule has 19 heavy (non-hydrogen) atoms. The van der Waals surface area contributed by atoms with Gasteiger partial charge in [-0.3, -0.25) is 5.41 Å². The first-order valence-electron chi connectivity index (χ1n) is 6.12. The van der Waals surface area contributed by atoms with Gasteiger partial charge in [0, 0.05) is 18.1 Å². The summed E-state index contributed by atoms with van der Waals surface area (Å²) in [4.78, 5) is 3.11. The maximum Gasteiger partial charge on any atom is 0.188 e. The van der Waals surface area contributed by atoms with Crippen LogP contribution in [0.1, 0.15) is 12.5 Å². The minimum atomic E-state index is -0.383. The first-order valence-corrected chi connectivity index (χ1v) is 7.97. The van der Waals surface area contributed by atoms with E-state index in [0.717, 1.165) is 17.1 Å². The van der Waals surface area contributed by atoms with Crippen molar-refractivity contribution in [3.63, 3.8) is 0 Å². The summed E-state index contributed by atoms with van der Waals surface area (Å²) in [5, 5.41) is 12.6. The van der Waals surface area contributed by atoms with E-state index < -0.39 is 0 Å². The molecule has 0 aromatic heterocycles. The lowest BCUT2D eigenvalue weighted by molar-refractivity contribution is 0.427. The van der Waals surface area contributed by atoms with Gasteiger partial charge in [0.05, 0.1) is 0 Å². The zero-order valence-corrected chi connectivity index (χ0v) is 12.5. The highest BCUT2D eigenvalue weighted by atomic mass is 35.5. The first kappa shape index (κ1) is 14.0. The molecule has 0 amide bonds. The van der Waals surface area contributed by atoms with Crippen LogP contribution < -0.4 is 5.73 Å². The fourth-order valence-electron chi connectivity index (χ4n) is 1.89. The van der Waals surface area contributed by atoms with Gasteiger partial charge in [0.1, 0.15) is 0 Å². The number of nitrogens with one attached hydrogen (secondary N) is 1. The number of hydrogen-bond acceptors (Lipinski definition) is 1. The molecule has 1 aromatic rings. The number of nitrogens with zero attached hydrogens (tertiary/aromatic N) is 1. The number of guanidine groups is 1. The van der Waals surface area contributed by atoms with Gasteiger partial charge in [0.2, 0.25) is 0 Å². The molecule has 2 rings (SSSR count). The Labute approximate surface area is 121 Å². The predicted octanol–water partition coefficient (Wildman–Crippen LogP) is 3.37. The first-order chi connectivity index (χ1) is 9.10. The molecule has 1 heterocycles. The van der Waals surface area contributed by atoms with Gasteiger partial charge < -0.3 is 10.6 Å². The average Bonchev–Trinajstić information content (AvgIpc) is 2.83. The van der Waals surface area contributed by atoms with Crippen LogP contribution in [0.2, 0.25) is 0 Å². The van der Waals surface area contributed by atoms with Crippen LogP contribution in [0.4, 0.5) is 0 Å². The number of hydrogen-bond donors (Lipinski definition) is 3. The molecule has 1 atom stereocenters. The van der Waals surface area contributed by atoms with Crippen molar-refractivity contribution in [3.05, 3.63) is 51.8 Å². The molecule has 1 aliphatic rings. The van der Waals surface area contributed by atoms with E-state index in [-0.39, 0.29) is 16.9 Å². The van der Waals surface area contributed by atoms with E-state index in [1.807, 2.05) is 17.9 Å². The molecule has 0 saturated heterocycles. The van der Waals surface area contributed by atoms with E-state index >= 15 is 0 Å². The highest BCUT2D eigenvalue weighted by molar-refractivity contribution is 8.22. The maximum absolute atomic E-state index is 7.48. The number of allylic oxidation sites excluding steroid dienone is 2. The summed E-state index contributed by atoms with van der Waals surface area (Å²) in [5.41, 5.74) is 6.68. The van der Waals surface area contributed by atoms with Crippen LogP contribution in [0.25, 0.3) is 0 Å². The summed E-state index contributed by atoms with van der Waals surface area (Å²) in [6, 6.07) is 8.45. The van der Waals surface area contributed by atoms with Crippen molar-refractivity contribution >= 4 is 28.5 Å². The van der Waals surface area contributed by atoms with Gasteiger partial charge in [-0.25, -0.2) is 0 Å². The minimum absolute atomic E-state index is 0.115. The number of halogens is 1. The van der Waals surface area contributed by atoms with Gasteiger partial charge >= 0.3 is 0 Å². The summed E-state index contributed by atoms with van der Waals surface area (Å²) in [6.07, 6.45) is 1.95. The lowest BCUT2D eigenvalue weighted by Crippen LogP contribution is -2.35. The number of nitrogens with two attached hydrogens (primary N) is 1. The highest BCUT2D eigenvalue weighted by Gasteiger charge is 2.08. The molecule has 0 spiro atoms. The highest BCUT2D eigenvalue weighted by Crippen LogP contribution is 2.44. The normalized spacial score (nSPS) is 19.3. The van der Waals surface area contributed by atoms with Crippen molar-refractivity contribution in [2.45, 2.75) is 18.4 Å². The Morgan fingerprint density at radius 2 is 2.05 bits per heavy atom. The Morgan fingerprint density at radius 3 is 2.53 bits per heavy atom. The van der Waals surface area contributed by atoms with Crippen molar-refractivity contribution in [2.75, 3.05) is 6.54 Å². The minimum Gasteiger partial charge on any atom is -0.370 e. The third kappa shape index (κ3) is 3.55. The topological polar surface area (TPSA) is 53.1 Å². The van der Waals surface area contributed by atoms with E-state index in [1.165, 1.54) is 4.90 Å². The van der Waals surface area contributed by atoms with Gasteiger partial charge in [0.15, 0.2) is 5.96 Å². The summed E-state index contributed by atoms with van der Waals surface area (Å²) < 4.78 is 0. The third-order valence-electron chi connectivity index (χ3n) is 2.99. The molecule has 3 nitrogen and oxygen atoms in total. The van der Waals surface area contributed by atoms with Gasteiger partial charge in [0.25, 0.3) is 0 Å². The Balaban J connectivity index is 2.07. The summed E-state index contributed by atoms with van der Waals surface area (Å²) >= 11 is 5.96. The molecule has 0 bridgehead atoms. The molecule has 1 unspecified atom stereocenters. The number of thiol groups is 1. The van der Waals surface area contributed by atoms with Crippen LogP contribution in [-0.2, 0) is 6.54 Å². The molecule has 102 valence electrons. The Bertz CT molecular complexity index is 522. The smallest absolute Gasteiger partial charge is 0.188 e. The maximum atomic E-state index is 7.48. The molecule has 0 radical (unpaired) electrons. The second-order valence-corrected chi connectivity index (χ2v) is 6.63. The molecule has 1 aromatic carbocycles. The van der Waals surface area contributed by atoms with Gasteiger partial charge in [-0.15, -0.1) is 0 Å². The lowest BCUT2D eigenvalue weighted by atomic mass is 10.2. The van der Waals surface area contributed by atoms with Crippen LogP contribution in [0, 0.1) is 5.41 Å². The Morgan fingerprint density at radius 1 is 1.37 bits per heavy atom. The fraction of sp³-hybridized carbons (Fsp3) is 0.214. The van der Waals surface area contributed by atoms with Gasteiger partial charge in [-0.1, -0.05) is 23.7 Å². The molecule has 5 heteroatoms. The lowest BCUT2D eigenvalue weighted by Gasteiger charge is -2.21. The standard InChI is InChI=1S/C14H18ClN3S/c1-2-18(14(16)17)9-11-3-5-13(6-4-11)19-8-7-12(15)10-19/h3-8,10,19H,2,9H2,1H3,(H3,16,17). The van der Waals surface area contributed by atoms with E-state index in [0.29, 0.717) is 6.54 Å². The summed E-state index contributed by atoms with van der Waals surface area (Å²) in [6.45, 7) is 3.41. The van der Waals surface area contributed by atoms with E-state index in [1.54, 1.807) is 0 Å². The summed E-state index contributed by atoms with van der Waals surface area (Å²) in [7, 11) is -0.383. The quantitative estimate of drug-likeness (QED) is 0.453. The molecular formula is C14H18ClN3S. The molecule has 0 fully saturated rings. The molecule has 1 aliphatic heterocycles. The van der Waals surface area contributed by atoms with Crippen LogP contribution in [0.15, 0.2) is 51.1 Å². The average molecular weight is 296 g/mol. The zero-order chi connectivity index (χ0) is 13.8. The van der Waals surface area contributed by atoms with Crippen LogP contribution in [-0.4, -0.2) is 17.4 Å².